The fourth-order valence-corrected chi connectivity index (χ4v) is 2.31. The summed E-state index contributed by atoms with van der Waals surface area (Å²) in [6.07, 6.45) is 2.54. The molecule has 0 aliphatic carbocycles. The Morgan fingerprint density at radius 1 is 1.19 bits per heavy atom. The number of para-hydroxylation sites is 1. The van der Waals surface area contributed by atoms with Gasteiger partial charge in [0.05, 0.1) is 18.8 Å². The smallest absolute Gasteiger partial charge is 0.315 e. The minimum absolute atomic E-state index is 0.00278. The summed E-state index contributed by atoms with van der Waals surface area (Å²) in [4.78, 5) is 15.9. The predicted molar refractivity (Wildman–Crippen MR) is 79.0 cm³/mol. The Balaban J connectivity index is 1.41. The van der Waals surface area contributed by atoms with Crippen LogP contribution in [0.25, 0.3) is 0 Å². The van der Waals surface area contributed by atoms with E-state index in [9.17, 15) is 4.79 Å². The summed E-state index contributed by atoms with van der Waals surface area (Å²) in [6.45, 7) is 0.904. The minimum atomic E-state index is -0.208. The first-order valence-corrected chi connectivity index (χ1v) is 6.97. The maximum atomic E-state index is 11.7. The molecule has 5 nitrogen and oxygen atoms in total. The molecule has 1 aliphatic heterocycles. The van der Waals surface area contributed by atoms with Gasteiger partial charge in [-0.1, -0.05) is 24.3 Å². The van der Waals surface area contributed by atoms with Crippen molar-refractivity contribution in [1.29, 1.82) is 0 Å². The molecule has 21 heavy (non-hydrogen) atoms. The Hall–Kier alpha value is -2.56. The van der Waals surface area contributed by atoms with E-state index in [1.54, 1.807) is 6.20 Å². The van der Waals surface area contributed by atoms with Crippen molar-refractivity contribution >= 4 is 6.03 Å². The molecule has 108 valence electrons. The number of aromatic nitrogens is 1. The van der Waals surface area contributed by atoms with Gasteiger partial charge in [-0.3, -0.25) is 4.98 Å². The van der Waals surface area contributed by atoms with Gasteiger partial charge in [0.15, 0.2) is 0 Å². The van der Waals surface area contributed by atoms with Crippen molar-refractivity contribution in [3.8, 4) is 5.75 Å². The number of hydrogen-bond acceptors (Lipinski definition) is 3. The van der Waals surface area contributed by atoms with Gasteiger partial charge < -0.3 is 15.4 Å². The molecule has 1 aromatic heterocycles. The van der Waals surface area contributed by atoms with Crippen LogP contribution >= 0.6 is 0 Å². The molecule has 2 amide bonds. The Morgan fingerprint density at radius 2 is 2.05 bits per heavy atom. The summed E-state index contributed by atoms with van der Waals surface area (Å²) in [5.41, 5.74) is 2.02. The molecule has 0 saturated carbocycles. The summed E-state index contributed by atoms with van der Waals surface area (Å²) < 4.78 is 5.77. The molecule has 0 spiro atoms. The van der Waals surface area contributed by atoms with Gasteiger partial charge in [-0.15, -0.1) is 0 Å². The van der Waals surface area contributed by atoms with Crippen molar-refractivity contribution in [1.82, 2.24) is 15.6 Å². The third-order valence-corrected chi connectivity index (χ3v) is 3.36. The molecule has 1 aromatic carbocycles. The highest BCUT2D eigenvalue weighted by Crippen LogP contribution is 2.27. The highest BCUT2D eigenvalue weighted by Gasteiger charge is 2.22. The minimum Gasteiger partial charge on any atom is -0.488 e. The van der Waals surface area contributed by atoms with Crippen LogP contribution in [-0.2, 0) is 13.0 Å². The van der Waals surface area contributed by atoms with Crippen LogP contribution in [0.15, 0.2) is 48.7 Å². The lowest BCUT2D eigenvalue weighted by Crippen LogP contribution is -2.40. The average molecular weight is 283 g/mol. The van der Waals surface area contributed by atoms with Crippen molar-refractivity contribution in [2.45, 2.75) is 19.1 Å². The highest BCUT2D eigenvalue weighted by molar-refractivity contribution is 5.73. The molecule has 3 rings (SSSR count). The first-order chi connectivity index (χ1) is 10.3. The first-order valence-electron chi connectivity index (χ1n) is 6.97. The summed E-state index contributed by atoms with van der Waals surface area (Å²) in [7, 11) is 0. The molecular formula is C16H17N3O2. The number of nitrogens with zero attached hydrogens (tertiary/aromatic N) is 1. The van der Waals surface area contributed by atoms with E-state index >= 15 is 0 Å². The van der Waals surface area contributed by atoms with E-state index in [1.165, 1.54) is 5.56 Å². The second-order valence-corrected chi connectivity index (χ2v) is 4.94. The fraction of sp³-hybridized carbons (Fsp3) is 0.250. The van der Waals surface area contributed by atoms with Crippen LogP contribution in [0.3, 0.4) is 0 Å². The molecule has 0 radical (unpaired) electrons. The summed E-state index contributed by atoms with van der Waals surface area (Å²) in [5, 5.41) is 5.60. The Morgan fingerprint density at radius 3 is 2.86 bits per heavy atom. The van der Waals surface area contributed by atoms with Gasteiger partial charge in [0.1, 0.15) is 11.9 Å². The predicted octanol–water partition coefficient (Wildman–Crippen LogP) is 1.88. The fourth-order valence-electron chi connectivity index (χ4n) is 2.31. The quantitative estimate of drug-likeness (QED) is 0.900. The van der Waals surface area contributed by atoms with E-state index in [2.05, 4.69) is 21.7 Å². The Bertz CT molecular complexity index is 591. The summed E-state index contributed by atoms with van der Waals surface area (Å²) >= 11 is 0. The van der Waals surface area contributed by atoms with Gasteiger partial charge in [0.2, 0.25) is 0 Å². The van der Waals surface area contributed by atoms with Gasteiger partial charge in [0.25, 0.3) is 0 Å². The molecule has 0 fully saturated rings. The molecule has 5 heteroatoms. The van der Waals surface area contributed by atoms with Crippen LogP contribution in [0.4, 0.5) is 4.79 Å². The maximum Gasteiger partial charge on any atom is 0.315 e. The zero-order chi connectivity index (χ0) is 14.5. The number of pyridine rings is 1. The Kier molecular flexibility index (Phi) is 4.00. The third kappa shape index (κ3) is 3.51. The molecule has 1 atom stereocenters. The number of nitrogens with one attached hydrogen (secondary N) is 2. The number of amides is 2. The highest BCUT2D eigenvalue weighted by atomic mass is 16.5. The van der Waals surface area contributed by atoms with Crippen LogP contribution in [0.2, 0.25) is 0 Å². The van der Waals surface area contributed by atoms with E-state index in [0.717, 1.165) is 17.9 Å². The number of carbonyl (C=O) groups excluding carboxylic acids is 1. The van der Waals surface area contributed by atoms with Crippen molar-refractivity contribution in [3.63, 3.8) is 0 Å². The monoisotopic (exact) mass is 283 g/mol. The van der Waals surface area contributed by atoms with Crippen LogP contribution in [-0.4, -0.2) is 23.7 Å². The number of hydrogen-bond donors (Lipinski definition) is 2. The van der Waals surface area contributed by atoms with Gasteiger partial charge in [0, 0.05) is 12.6 Å². The van der Waals surface area contributed by atoms with Gasteiger partial charge >= 0.3 is 6.03 Å². The van der Waals surface area contributed by atoms with Gasteiger partial charge in [-0.25, -0.2) is 4.79 Å². The van der Waals surface area contributed by atoms with Crippen molar-refractivity contribution in [3.05, 3.63) is 59.9 Å². The summed E-state index contributed by atoms with van der Waals surface area (Å²) in [5.74, 6) is 0.915. The number of ether oxygens (including phenoxy) is 1. The number of benzene rings is 1. The SMILES string of the molecule is O=C(NCc1ccccn1)NCC1Cc2ccccc2O1. The molecule has 2 N–H and O–H groups in total. The van der Waals surface area contributed by atoms with E-state index < -0.39 is 0 Å². The van der Waals surface area contributed by atoms with Crippen LogP contribution < -0.4 is 15.4 Å². The van der Waals surface area contributed by atoms with Crippen molar-refractivity contribution in [2.24, 2.45) is 0 Å². The molecule has 0 saturated heterocycles. The Labute approximate surface area is 123 Å². The maximum absolute atomic E-state index is 11.7. The molecular weight excluding hydrogens is 266 g/mol. The van der Waals surface area contributed by atoms with E-state index in [4.69, 9.17) is 4.74 Å². The molecule has 1 aliphatic rings. The topological polar surface area (TPSA) is 63.2 Å². The van der Waals surface area contributed by atoms with Gasteiger partial charge in [-0.2, -0.15) is 0 Å². The zero-order valence-electron chi connectivity index (χ0n) is 11.6. The second-order valence-electron chi connectivity index (χ2n) is 4.94. The zero-order valence-corrected chi connectivity index (χ0v) is 11.6. The molecule has 2 heterocycles. The van der Waals surface area contributed by atoms with E-state index in [0.29, 0.717) is 13.1 Å². The lowest BCUT2D eigenvalue weighted by Gasteiger charge is -2.12. The van der Waals surface area contributed by atoms with E-state index in [-0.39, 0.29) is 12.1 Å². The standard InChI is InChI=1S/C16H17N3O2/c20-16(18-10-13-6-3-4-8-17-13)19-11-14-9-12-5-1-2-7-15(12)21-14/h1-8,14H,9-11H2,(H2,18,19,20). The first kappa shape index (κ1) is 13.4. The number of urea groups is 1. The number of carbonyl (C=O) groups is 1. The molecule has 2 aromatic rings. The van der Waals surface area contributed by atoms with Crippen LogP contribution in [0.5, 0.6) is 5.75 Å². The largest absolute Gasteiger partial charge is 0.488 e. The van der Waals surface area contributed by atoms with Gasteiger partial charge in [-0.05, 0) is 23.8 Å². The third-order valence-electron chi connectivity index (χ3n) is 3.36. The second kappa shape index (κ2) is 6.26. The molecule has 0 bridgehead atoms. The van der Waals surface area contributed by atoms with E-state index in [1.807, 2.05) is 36.4 Å². The number of fused-ring (bicyclic) bond motifs is 1. The van der Waals surface area contributed by atoms with Crippen molar-refractivity contribution < 1.29 is 9.53 Å². The number of rotatable bonds is 4. The molecule has 1 unspecified atom stereocenters. The van der Waals surface area contributed by atoms with Crippen molar-refractivity contribution in [2.75, 3.05) is 6.54 Å². The summed E-state index contributed by atoms with van der Waals surface area (Å²) in [6, 6.07) is 13.4. The van der Waals surface area contributed by atoms with Crippen LogP contribution in [0, 0.1) is 0 Å². The lowest BCUT2D eigenvalue weighted by molar-refractivity contribution is 0.213. The lowest BCUT2D eigenvalue weighted by atomic mass is 10.1. The van der Waals surface area contributed by atoms with Crippen LogP contribution in [0.1, 0.15) is 11.3 Å². The normalized spacial score (nSPS) is 15.9. The average Bonchev–Trinajstić information content (AvgIpc) is 2.95.